The van der Waals surface area contributed by atoms with Gasteiger partial charge in [0.2, 0.25) is 0 Å². The number of hydrogen-bond acceptors (Lipinski definition) is 3. The number of carbonyl (C=O) groups excluding carboxylic acids is 1. The lowest BCUT2D eigenvalue weighted by molar-refractivity contribution is 0.0916. The fourth-order valence-electron chi connectivity index (χ4n) is 3.03. The summed E-state index contributed by atoms with van der Waals surface area (Å²) in [6.45, 7) is 10.7. The number of hydrogen-bond donors (Lipinski definition) is 0. The van der Waals surface area contributed by atoms with Crippen molar-refractivity contribution in [1.29, 1.82) is 0 Å². The van der Waals surface area contributed by atoms with Gasteiger partial charge in [-0.15, -0.1) is 11.3 Å². The highest BCUT2D eigenvalue weighted by molar-refractivity contribution is 7.17. The van der Waals surface area contributed by atoms with Gasteiger partial charge in [0.1, 0.15) is 5.01 Å². The fraction of sp³-hybridized carbons (Fsp3) is 0.444. The Labute approximate surface area is 130 Å². The van der Waals surface area contributed by atoms with Crippen LogP contribution >= 0.6 is 11.3 Å². The number of aryl methyl sites for hydroxylation is 3. The van der Waals surface area contributed by atoms with E-state index in [2.05, 4.69) is 46.8 Å². The quantitative estimate of drug-likeness (QED) is 0.750. The molecule has 0 radical (unpaired) electrons. The minimum Gasteiger partial charge on any atom is -0.293 e. The molecule has 0 unspecified atom stereocenters. The van der Waals surface area contributed by atoms with Crippen LogP contribution in [0, 0.1) is 26.2 Å². The first-order valence-corrected chi connectivity index (χ1v) is 8.19. The van der Waals surface area contributed by atoms with E-state index in [1.54, 1.807) is 11.3 Å². The van der Waals surface area contributed by atoms with E-state index >= 15 is 0 Å². The Bertz CT molecular complexity index is 740. The van der Waals surface area contributed by atoms with Crippen molar-refractivity contribution >= 4 is 17.1 Å². The number of thiazole rings is 1. The molecule has 2 nitrogen and oxygen atoms in total. The van der Waals surface area contributed by atoms with Gasteiger partial charge in [-0.1, -0.05) is 19.9 Å². The maximum absolute atomic E-state index is 12.3. The normalized spacial score (nSPS) is 16.9. The monoisotopic (exact) mass is 299 g/mol. The summed E-state index contributed by atoms with van der Waals surface area (Å²) in [6.07, 6.45) is 1.53. The van der Waals surface area contributed by atoms with Gasteiger partial charge in [0, 0.05) is 12.0 Å². The Morgan fingerprint density at radius 1 is 1.05 bits per heavy atom. The standard InChI is InChI=1S/C18H21NOS/c1-10-6-12(3)13(7-11(10)2)17-19-14-8-18(4,5)9-15(20)16(14)21-17/h6-7H,8-9H2,1-5H3. The lowest BCUT2D eigenvalue weighted by atomic mass is 9.78. The number of carbonyl (C=O) groups is 1. The van der Waals surface area contributed by atoms with Gasteiger partial charge in [-0.25, -0.2) is 4.98 Å². The van der Waals surface area contributed by atoms with Gasteiger partial charge in [0.05, 0.1) is 10.6 Å². The molecular weight excluding hydrogens is 278 g/mol. The third-order valence-corrected chi connectivity index (χ3v) is 5.48. The van der Waals surface area contributed by atoms with E-state index in [4.69, 9.17) is 4.98 Å². The molecule has 0 fully saturated rings. The summed E-state index contributed by atoms with van der Waals surface area (Å²) < 4.78 is 0. The molecule has 3 rings (SSSR count). The van der Waals surface area contributed by atoms with Crippen molar-refractivity contribution in [1.82, 2.24) is 4.98 Å². The molecule has 1 aliphatic carbocycles. The molecule has 0 spiro atoms. The van der Waals surface area contributed by atoms with E-state index in [1.807, 2.05) is 0 Å². The van der Waals surface area contributed by atoms with Crippen molar-refractivity contribution in [3.05, 3.63) is 39.4 Å². The summed E-state index contributed by atoms with van der Waals surface area (Å²) in [5, 5.41) is 0.992. The van der Waals surface area contributed by atoms with Crippen molar-refractivity contribution in [2.45, 2.75) is 47.5 Å². The molecule has 0 bridgehead atoms. The minimum atomic E-state index is 0.0354. The summed E-state index contributed by atoms with van der Waals surface area (Å²) in [4.78, 5) is 18.0. The van der Waals surface area contributed by atoms with E-state index in [0.29, 0.717) is 6.42 Å². The van der Waals surface area contributed by atoms with Gasteiger partial charge in [0.15, 0.2) is 5.78 Å². The Balaban J connectivity index is 2.11. The molecule has 110 valence electrons. The van der Waals surface area contributed by atoms with Gasteiger partial charge in [0.25, 0.3) is 0 Å². The Morgan fingerprint density at radius 3 is 2.43 bits per heavy atom. The SMILES string of the molecule is Cc1cc(C)c(-c2nc3c(s2)C(=O)CC(C)(C)C3)cc1C. The summed E-state index contributed by atoms with van der Waals surface area (Å²) in [7, 11) is 0. The van der Waals surface area contributed by atoms with Crippen LogP contribution in [0.1, 0.15) is 52.3 Å². The number of aromatic nitrogens is 1. The molecule has 21 heavy (non-hydrogen) atoms. The minimum absolute atomic E-state index is 0.0354. The zero-order valence-electron chi connectivity index (χ0n) is 13.3. The number of Topliss-reactive ketones (excluding diaryl/α,β-unsaturated/α-hetero) is 1. The van der Waals surface area contributed by atoms with E-state index < -0.39 is 0 Å². The van der Waals surface area contributed by atoms with Crippen LogP contribution in [0.4, 0.5) is 0 Å². The average Bonchev–Trinajstić information content (AvgIpc) is 2.76. The van der Waals surface area contributed by atoms with Crippen molar-refractivity contribution in [2.24, 2.45) is 5.41 Å². The van der Waals surface area contributed by atoms with E-state index in [-0.39, 0.29) is 11.2 Å². The molecule has 0 atom stereocenters. The van der Waals surface area contributed by atoms with Gasteiger partial charge in [-0.2, -0.15) is 0 Å². The molecule has 0 N–H and O–H groups in total. The molecule has 1 aromatic heterocycles. The third kappa shape index (κ3) is 2.55. The average molecular weight is 299 g/mol. The number of ketones is 1. The smallest absolute Gasteiger partial charge is 0.175 e. The number of rotatable bonds is 1. The Kier molecular flexibility index (Phi) is 3.28. The van der Waals surface area contributed by atoms with Gasteiger partial charge in [-0.05, 0) is 55.4 Å². The number of nitrogens with zero attached hydrogens (tertiary/aromatic N) is 1. The van der Waals surface area contributed by atoms with E-state index in [1.165, 1.54) is 22.3 Å². The van der Waals surface area contributed by atoms with E-state index in [0.717, 1.165) is 22.0 Å². The van der Waals surface area contributed by atoms with Crippen LogP contribution in [-0.2, 0) is 6.42 Å². The lowest BCUT2D eigenvalue weighted by Gasteiger charge is -2.26. The summed E-state index contributed by atoms with van der Waals surface area (Å²) >= 11 is 1.57. The topological polar surface area (TPSA) is 30.0 Å². The number of benzene rings is 1. The second-order valence-electron chi connectivity index (χ2n) is 6.99. The van der Waals surface area contributed by atoms with Crippen LogP contribution in [-0.4, -0.2) is 10.8 Å². The predicted molar refractivity (Wildman–Crippen MR) is 88.2 cm³/mol. The summed E-state index contributed by atoms with van der Waals surface area (Å²) in [5.74, 6) is 0.256. The van der Waals surface area contributed by atoms with Crippen LogP contribution < -0.4 is 0 Å². The van der Waals surface area contributed by atoms with Crippen LogP contribution in [0.3, 0.4) is 0 Å². The molecular formula is C18H21NOS. The molecule has 2 aromatic rings. The third-order valence-electron chi connectivity index (χ3n) is 4.31. The Morgan fingerprint density at radius 2 is 1.71 bits per heavy atom. The van der Waals surface area contributed by atoms with Gasteiger partial charge < -0.3 is 0 Å². The Hall–Kier alpha value is -1.48. The highest BCUT2D eigenvalue weighted by atomic mass is 32.1. The van der Waals surface area contributed by atoms with Crippen molar-refractivity contribution < 1.29 is 4.79 Å². The molecule has 3 heteroatoms. The molecule has 0 saturated carbocycles. The zero-order chi connectivity index (χ0) is 15.4. The first kappa shape index (κ1) is 14.5. The molecule has 0 amide bonds. The number of fused-ring (bicyclic) bond motifs is 1. The summed E-state index contributed by atoms with van der Waals surface area (Å²) in [5.41, 5.74) is 6.01. The summed E-state index contributed by atoms with van der Waals surface area (Å²) in [6, 6.07) is 4.40. The first-order valence-electron chi connectivity index (χ1n) is 7.38. The first-order chi connectivity index (χ1) is 9.77. The van der Waals surface area contributed by atoms with Crippen molar-refractivity contribution in [2.75, 3.05) is 0 Å². The molecule has 0 saturated heterocycles. The maximum Gasteiger partial charge on any atom is 0.175 e. The van der Waals surface area contributed by atoms with Gasteiger partial charge in [-0.3, -0.25) is 4.79 Å². The highest BCUT2D eigenvalue weighted by Crippen LogP contribution is 2.40. The second kappa shape index (κ2) is 4.77. The molecule has 1 aromatic carbocycles. The maximum atomic E-state index is 12.3. The molecule has 0 aliphatic heterocycles. The van der Waals surface area contributed by atoms with E-state index in [9.17, 15) is 4.79 Å². The van der Waals surface area contributed by atoms with Crippen LogP contribution in [0.2, 0.25) is 0 Å². The van der Waals surface area contributed by atoms with Gasteiger partial charge >= 0.3 is 0 Å². The van der Waals surface area contributed by atoms with Crippen molar-refractivity contribution in [3.8, 4) is 10.6 Å². The van der Waals surface area contributed by atoms with Crippen molar-refractivity contribution in [3.63, 3.8) is 0 Å². The predicted octanol–water partition coefficient (Wildman–Crippen LogP) is 4.89. The fourth-order valence-corrected chi connectivity index (χ4v) is 4.13. The molecule has 1 heterocycles. The van der Waals surface area contributed by atoms with Crippen LogP contribution in [0.5, 0.6) is 0 Å². The second-order valence-corrected chi connectivity index (χ2v) is 7.99. The van der Waals surface area contributed by atoms with Crippen LogP contribution in [0.15, 0.2) is 12.1 Å². The van der Waals surface area contributed by atoms with Crippen LogP contribution in [0.25, 0.3) is 10.6 Å². The lowest BCUT2D eigenvalue weighted by Crippen LogP contribution is -2.25. The highest BCUT2D eigenvalue weighted by Gasteiger charge is 2.34. The zero-order valence-corrected chi connectivity index (χ0v) is 14.1. The molecule has 1 aliphatic rings. The largest absolute Gasteiger partial charge is 0.293 e.